The van der Waals surface area contributed by atoms with Crippen LogP contribution in [0, 0.1) is 35.2 Å². The summed E-state index contributed by atoms with van der Waals surface area (Å²) >= 11 is 0. The zero-order valence-electron chi connectivity index (χ0n) is 13.0. The number of halogens is 3. The SMILES string of the molecule is O=C(COC(=O)C[C@@H]1C[C@@H]2CC[C@@H]1C2)Nc1ccc(F)c(F)c1F. The number of rotatable bonds is 5. The summed E-state index contributed by atoms with van der Waals surface area (Å²) < 4.78 is 44.2. The first-order chi connectivity index (χ1) is 11.4. The molecule has 2 aliphatic rings. The molecule has 24 heavy (non-hydrogen) atoms. The van der Waals surface area contributed by atoms with Crippen molar-refractivity contribution >= 4 is 17.6 Å². The molecule has 0 radical (unpaired) electrons. The largest absolute Gasteiger partial charge is 0.456 e. The fourth-order valence-electron chi connectivity index (χ4n) is 3.85. The molecule has 4 nitrogen and oxygen atoms in total. The van der Waals surface area contributed by atoms with Crippen molar-refractivity contribution in [3.8, 4) is 0 Å². The summed E-state index contributed by atoms with van der Waals surface area (Å²) in [6.07, 6.45) is 4.88. The van der Waals surface area contributed by atoms with Crippen molar-refractivity contribution in [3.63, 3.8) is 0 Å². The van der Waals surface area contributed by atoms with Crippen molar-refractivity contribution in [2.45, 2.75) is 32.1 Å². The fourth-order valence-corrected chi connectivity index (χ4v) is 3.85. The molecule has 0 aliphatic heterocycles. The molecule has 2 saturated carbocycles. The van der Waals surface area contributed by atoms with Gasteiger partial charge < -0.3 is 10.1 Å². The molecule has 0 heterocycles. The highest BCUT2D eigenvalue weighted by atomic mass is 19.2. The van der Waals surface area contributed by atoms with Gasteiger partial charge in [-0.15, -0.1) is 0 Å². The molecule has 3 rings (SSSR count). The number of fused-ring (bicyclic) bond motifs is 2. The summed E-state index contributed by atoms with van der Waals surface area (Å²) in [5.74, 6) is -4.15. The average molecular weight is 341 g/mol. The predicted octanol–water partition coefficient (Wildman–Crippen LogP) is 3.41. The molecule has 2 bridgehead atoms. The van der Waals surface area contributed by atoms with Gasteiger partial charge in [0.15, 0.2) is 24.1 Å². The van der Waals surface area contributed by atoms with E-state index in [4.69, 9.17) is 4.74 Å². The Kier molecular flexibility index (Phi) is 4.78. The number of hydrogen-bond acceptors (Lipinski definition) is 3. The summed E-state index contributed by atoms with van der Waals surface area (Å²) in [6, 6.07) is 1.61. The van der Waals surface area contributed by atoms with Crippen LogP contribution in [0.25, 0.3) is 0 Å². The first-order valence-electron chi connectivity index (χ1n) is 8.03. The summed E-state index contributed by atoms with van der Waals surface area (Å²) in [5, 5.41) is 2.06. The monoisotopic (exact) mass is 341 g/mol. The van der Waals surface area contributed by atoms with Gasteiger partial charge in [0.1, 0.15) is 0 Å². The molecule has 1 aromatic rings. The van der Waals surface area contributed by atoms with Gasteiger partial charge in [-0.25, -0.2) is 13.2 Å². The van der Waals surface area contributed by atoms with Crippen molar-refractivity contribution in [2.75, 3.05) is 11.9 Å². The van der Waals surface area contributed by atoms with Gasteiger partial charge >= 0.3 is 5.97 Å². The quantitative estimate of drug-likeness (QED) is 0.660. The molecule has 0 spiro atoms. The highest BCUT2D eigenvalue weighted by molar-refractivity contribution is 5.92. The summed E-state index contributed by atoms with van der Waals surface area (Å²) in [4.78, 5) is 23.5. The second-order valence-corrected chi connectivity index (χ2v) is 6.57. The molecule has 0 aromatic heterocycles. The Morgan fingerprint density at radius 2 is 1.92 bits per heavy atom. The van der Waals surface area contributed by atoms with Gasteiger partial charge in [0.05, 0.1) is 5.69 Å². The minimum Gasteiger partial charge on any atom is -0.456 e. The van der Waals surface area contributed by atoms with Gasteiger partial charge in [0.2, 0.25) is 0 Å². The number of ether oxygens (including phenoxy) is 1. The van der Waals surface area contributed by atoms with E-state index in [1.54, 1.807) is 0 Å². The second-order valence-electron chi connectivity index (χ2n) is 6.57. The molecule has 2 fully saturated rings. The van der Waals surface area contributed by atoms with E-state index in [9.17, 15) is 22.8 Å². The minimum absolute atomic E-state index is 0.286. The third kappa shape index (κ3) is 3.55. The molecule has 7 heteroatoms. The first kappa shape index (κ1) is 16.8. The Hall–Kier alpha value is -2.05. The van der Waals surface area contributed by atoms with Gasteiger partial charge in [-0.3, -0.25) is 9.59 Å². The maximum absolute atomic E-state index is 13.4. The number of carbonyl (C=O) groups is 2. The number of hydrogen-bond donors (Lipinski definition) is 1. The predicted molar refractivity (Wildman–Crippen MR) is 79.5 cm³/mol. The van der Waals surface area contributed by atoms with Crippen molar-refractivity contribution in [1.29, 1.82) is 0 Å². The van der Waals surface area contributed by atoms with Crippen LogP contribution in [-0.2, 0) is 14.3 Å². The van der Waals surface area contributed by atoms with E-state index in [1.165, 1.54) is 12.8 Å². The molecular weight excluding hydrogens is 323 g/mol. The van der Waals surface area contributed by atoms with Crippen molar-refractivity contribution in [1.82, 2.24) is 0 Å². The Bertz CT molecular complexity index is 665. The third-order valence-electron chi connectivity index (χ3n) is 4.99. The highest BCUT2D eigenvalue weighted by Gasteiger charge is 2.40. The minimum atomic E-state index is -1.67. The summed E-state index contributed by atoms with van der Waals surface area (Å²) in [5.41, 5.74) is -0.497. The number of carbonyl (C=O) groups excluding carboxylic acids is 2. The molecule has 130 valence electrons. The maximum atomic E-state index is 13.4. The smallest absolute Gasteiger partial charge is 0.306 e. The molecule has 0 saturated heterocycles. The lowest BCUT2D eigenvalue weighted by molar-refractivity contribution is -0.148. The van der Waals surface area contributed by atoms with E-state index in [0.717, 1.165) is 18.9 Å². The van der Waals surface area contributed by atoms with Crippen LogP contribution in [0.4, 0.5) is 18.9 Å². The van der Waals surface area contributed by atoms with Crippen molar-refractivity contribution in [2.24, 2.45) is 17.8 Å². The lowest BCUT2D eigenvalue weighted by Crippen LogP contribution is -2.23. The second kappa shape index (κ2) is 6.83. The Balaban J connectivity index is 1.45. The van der Waals surface area contributed by atoms with Gasteiger partial charge in [-0.1, -0.05) is 6.42 Å². The number of esters is 1. The van der Waals surface area contributed by atoms with Gasteiger partial charge in [-0.2, -0.15) is 0 Å². The van der Waals surface area contributed by atoms with E-state index >= 15 is 0 Å². The van der Waals surface area contributed by atoms with Crippen LogP contribution in [-0.4, -0.2) is 18.5 Å². The molecule has 2 aliphatic carbocycles. The molecule has 1 N–H and O–H groups in total. The number of nitrogens with one attached hydrogen (secondary N) is 1. The first-order valence-corrected chi connectivity index (χ1v) is 8.03. The van der Waals surface area contributed by atoms with Crippen LogP contribution >= 0.6 is 0 Å². The van der Waals surface area contributed by atoms with Crippen LogP contribution in [0.15, 0.2) is 12.1 Å². The van der Waals surface area contributed by atoms with E-state index in [0.29, 0.717) is 23.8 Å². The van der Waals surface area contributed by atoms with Crippen LogP contribution in [0.1, 0.15) is 32.1 Å². The molecule has 1 aromatic carbocycles. The zero-order chi connectivity index (χ0) is 17.3. The van der Waals surface area contributed by atoms with E-state index in [-0.39, 0.29) is 6.42 Å². The molecular formula is C17H18F3NO3. The Morgan fingerprint density at radius 3 is 2.58 bits per heavy atom. The van der Waals surface area contributed by atoms with E-state index in [1.807, 2.05) is 0 Å². The van der Waals surface area contributed by atoms with Crippen LogP contribution < -0.4 is 5.32 Å². The van der Waals surface area contributed by atoms with Crippen LogP contribution in [0.2, 0.25) is 0 Å². The summed E-state index contributed by atoms with van der Waals surface area (Å²) in [6.45, 7) is -0.585. The van der Waals surface area contributed by atoms with Gasteiger partial charge in [-0.05, 0) is 49.1 Å². The van der Waals surface area contributed by atoms with Gasteiger partial charge in [0.25, 0.3) is 5.91 Å². The van der Waals surface area contributed by atoms with Crippen molar-refractivity contribution < 1.29 is 27.5 Å². The van der Waals surface area contributed by atoms with Crippen LogP contribution in [0.5, 0.6) is 0 Å². The fraction of sp³-hybridized carbons (Fsp3) is 0.529. The average Bonchev–Trinajstić information content (AvgIpc) is 3.16. The Labute approximate surface area is 137 Å². The maximum Gasteiger partial charge on any atom is 0.306 e. The number of amides is 1. The lowest BCUT2D eigenvalue weighted by Gasteiger charge is -2.20. The van der Waals surface area contributed by atoms with E-state index < -0.39 is 41.6 Å². The molecule has 0 unspecified atom stereocenters. The van der Waals surface area contributed by atoms with Crippen LogP contribution in [0.3, 0.4) is 0 Å². The van der Waals surface area contributed by atoms with Gasteiger partial charge in [0, 0.05) is 6.42 Å². The third-order valence-corrected chi connectivity index (χ3v) is 4.99. The normalized spacial score (nSPS) is 24.9. The Morgan fingerprint density at radius 1 is 1.12 bits per heavy atom. The highest BCUT2D eigenvalue weighted by Crippen LogP contribution is 2.49. The lowest BCUT2D eigenvalue weighted by atomic mass is 9.86. The standard InChI is InChI=1S/C17H18F3NO3/c18-12-3-4-13(17(20)16(12)19)21-14(22)8-24-15(23)7-11-6-9-1-2-10(11)5-9/h3-4,9-11H,1-2,5-8H2,(H,21,22)/t9-,10-,11+/m1/s1. The topological polar surface area (TPSA) is 55.4 Å². The summed E-state index contributed by atoms with van der Waals surface area (Å²) in [7, 11) is 0. The zero-order valence-corrected chi connectivity index (χ0v) is 13.0. The van der Waals surface area contributed by atoms with E-state index in [2.05, 4.69) is 5.32 Å². The molecule has 1 amide bonds. The number of anilines is 1. The van der Waals surface area contributed by atoms with Crippen molar-refractivity contribution in [3.05, 3.63) is 29.6 Å². The number of benzene rings is 1. The molecule has 3 atom stereocenters.